The van der Waals surface area contributed by atoms with Crippen LogP contribution in [0, 0.1) is 10.6 Å². The number of fused-ring (bicyclic) bond motifs is 1. The maximum atomic E-state index is 13.2. The normalized spacial score (nSPS) is 11.1. The average molecular weight is 358 g/mol. The number of rotatable bonds is 1. The summed E-state index contributed by atoms with van der Waals surface area (Å²) in [4.78, 5) is 2.99. The van der Waals surface area contributed by atoms with Crippen LogP contribution in [-0.4, -0.2) is 9.55 Å². The first-order chi connectivity index (χ1) is 9.06. The average Bonchev–Trinajstić information content (AvgIpc) is 2.67. The molecule has 1 heterocycles. The first-order valence-electron chi connectivity index (χ1n) is 5.42. The maximum absolute atomic E-state index is 13.2. The second kappa shape index (κ2) is 4.74. The van der Waals surface area contributed by atoms with Crippen molar-refractivity contribution in [2.75, 3.05) is 0 Å². The van der Waals surface area contributed by atoms with Gasteiger partial charge in [0.25, 0.3) is 0 Å². The fourth-order valence-electron chi connectivity index (χ4n) is 1.98. The predicted molar refractivity (Wildman–Crippen MR) is 81.1 cm³/mol. The van der Waals surface area contributed by atoms with Crippen LogP contribution < -0.4 is 0 Å². The molecule has 1 aromatic heterocycles. The summed E-state index contributed by atoms with van der Waals surface area (Å²) in [6, 6.07) is 9.94. The van der Waals surface area contributed by atoms with E-state index in [2.05, 4.69) is 20.9 Å². The lowest BCUT2D eigenvalue weighted by atomic mass is 10.2. The highest BCUT2D eigenvalue weighted by atomic mass is 79.9. The van der Waals surface area contributed by atoms with Crippen molar-refractivity contribution in [3.63, 3.8) is 0 Å². The van der Waals surface area contributed by atoms with Gasteiger partial charge in [-0.15, -0.1) is 0 Å². The van der Waals surface area contributed by atoms with Crippen molar-refractivity contribution in [2.24, 2.45) is 0 Å². The van der Waals surface area contributed by atoms with Crippen molar-refractivity contribution in [3.8, 4) is 5.69 Å². The van der Waals surface area contributed by atoms with E-state index >= 15 is 0 Å². The molecule has 0 aliphatic heterocycles. The molecule has 1 N–H and O–H groups in total. The molecular weight excluding hydrogens is 351 g/mol. The smallest absolute Gasteiger partial charge is 0.182 e. The van der Waals surface area contributed by atoms with Crippen LogP contribution in [0.1, 0.15) is 0 Å². The SMILES string of the molecule is Fc1ccc2c(c1)[nH]c(=S)n2-c1cc(Cl)ccc1Br. The van der Waals surface area contributed by atoms with E-state index in [0.29, 0.717) is 15.3 Å². The molecule has 6 heteroatoms. The Morgan fingerprint density at radius 2 is 2.00 bits per heavy atom. The predicted octanol–water partition coefficient (Wildman–Crippen LogP) is 5.24. The summed E-state index contributed by atoms with van der Waals surface area (Å²) in [5, 5.41) is 0.608. The quantitative estimate of drug-likeness (QED) is 0.590. The van der Waals surface area contributed by atoms with Crippen molar-refractivity contribution in [3.05, 3.63) is 56.5 Å². The molecule has 0 fully saturated rings. The zero-order valence-corrected chi connectivity index (χ0v) is 12.6. The van der Waals surface area contributed by atoms with E-state index in [4.69, 9.17) is 23.8 Å². The highest BCUT2D eigenvalue weighted by Crippen LogP contribution is 2.28. The molecule has 0 radical (unpaired) electrons. The third-order valence-electron chi connectivity index (χ3n) is 2.79. The molecule has 0 saturated carbocycles. The largest absolute Gasteiger partial charge is 0.330 e. The van der Waals surface area contributed by atoms with Crippen LogP contribution in [0.25, 0.3) is 16.7 Å². The second-order valence-electron chi connectivity index (χ2n) is 4.02. The van der Waals surface area contributed by atoms with Gasteiger partial charge in [-0.25, -0.2) is 4.39 Å². The van der Waals surface area contributed by atoms with E-state index in [1.54, 1.807) is 18.2 Å². The number of nitrogens with one attached hydrogen (secondary N) is 1. The van der Waals surface area contributed by atoms with Crippen LogP contribution in [0.2, 0.25) is 5.02 Å². The molecule has 0 unspecified atom stereocenters. The minimum Gasteiger partial charge on any atom is -0.330 e. The molecule has 96 valence electrons. The molecule has 0 bridgehead atoms. The molecule has 0 amide bonds. The van der Waals surface area contributed by atoms with E-state index < -0.39 is 0 Å². The van der Waals surface area contributed by atoms with Crippen LogP contribution in [0.3, 0.4) is 0 Å². The standard InChI is InChI=1S/C13H7BrClFN2S/c14-9-3-1-7(15)5-12(9)18-11-4-2-8(16)6-10(11)17-13(18)19/h1-6H,(H,17,19). The van der Waals surface area contributed by atoms with E-state index in [9.17, 15) is 4.39 Å². The van der Waals surface area contributed by atoms with Crippen LogP contribution in [0.15, 0.2) is 40.9 Å². The summed E-state index contributed by atoms with van der Waals surface area (Å²) in [6.45, 7) is 0. The Kier molecular flexibility index (Phi) is 3.20. The Hall–Kier alpha value is -1.17. The van der Waals surface area contributed by atoms with E-state index in [-0.39, 0.29) is 5.82 Å². The second-order valence-corrected chi connectivity index (χ2v) is 5.70. The van der Waals surface area contributed by atoms with Crippen molar-refractivity contribution < 1.29 is 4.39 Å². The molecule has 0 saturated heterocycles. The van der Waals surface area contributed by atoms with Gasteiger partial charge in [0.05, 0.1) is 16.7 Å². The van der Waals surface area contributed by atoms with E-state index in [0.717, 1.165) is 15.7 Å². The third kappa shape index (κ3) is 2.22. The Balaban J connectivity index is 2.39. The first kappa shape index (κ1) is 12.8. The van der Waals surface area contributed by atoms with E-state index in [1.165, 1.54) is 12.1 Å². The highest BCUT2D eigenvalue weighted by Gasteiger charge is 2.10. The molecule has 19 heavy (non-hydrogen) atoms. The monoisotopic (exact) mass is 356 g/mol. The molecule has 3 aromatic rings. The molecule has 0 atom stereocenters. The molecular formula is C13H7BrClFN2S. The van der Waals surface area contributed by atoms with Crippen molar-refractivity contribution in [2.45, 2.75) is 0 Å². The van der Waals surface area contributed by atoms with Gasteiger partial charge in [-0.3, -0.25) is 4.57 Å². The minimum absolute atomic E-state index is 0.305. The number of halogens is 3. The minimum atomic E-state index is -0.305. The zero-order valence-electron chi connectivity index (χ0n) is 9.45. The van der Waals surface area contributed by atoms with Crippen LogP contribution in [-0.2, 0) is 0 Å². The third-order valence-corrected chi connectivity index (χ3v) is 3.98. The number of hydrogen-bond acceptors (Lipinski definition) is 1. The summed E-state index contributed by atoms with van der Waals surface area (Å²) in [6.07, 6.45) is 0. The Bertz CT molecular complexity index is 840. The van der Waals surface area contributed by atoms with Gasteiger partial charge in [-0.1, -0.05) is 11.6 Å². The van der Waals surface area contributed by atoms with Gasteiger partial charge in [0.15, 0.2) is 4.77 Å². The van der Waals surface area contributed by atoms with Gasteiger partial charge in [0.2, 0.25) is 0 Å². The Labute approximate surface area is 127 Å². The van der Waals surface area contributed by atoms with Crippen LogP contribution in [0.4, 0.5) is 4.39 Å². The Morgan fingerprint density at radius 3 is 2.79 bits per heavy atom. The molecule has 2 aromatic carbocycles. The van der Waals surface area contributed by atoms with Gasteiger partial charge in [0, 0.05) is 9.50 Å². The summed E-state index contributed by atoms with van der Waals surface area (Å²) < 4.78 is 16.4. The lowest BCUT2D eigenvalue weighted by Gasteiger charge is -2.07. The lowest BCUT2D eigenvalue weighted by Crippen LogP contribution is -1.95. The lowest BCUT2D eigenvalue weighted by molar-refractivity contribution is 0.629. The number of aromatic amines is 1. The molecule has 3 rings (SSSR count). The van der Waals surface area contributed by atoms with Gasteiger partial charge >= 0.3 is 0 Å². The van der Waals surface area contributed by atoms with Gasteiger partial charge in [-0.05, 0) is 64.5 Å². The highest BCUT2D eigenvalue weighted by molar-refractivity contribution is 9.10. The molecule has 0 spiro atoms. The molecule has 0 aliphatic carbocycles. The topological polar surface area (TPSA) is 20.7 Å². The number of hydrogen-bond donors (Lipinski definition) is 1. The number of aromatic nitrogens is 2. The van der Waals surface area contributed by atoms with Crippen molar-refractivity contribution >= 4 is 50.8 Å². The zero-order chi connectivity index (χ0) is 13.6. The van der Waals surface area contributed by atoms with Crippen molar-refractivity contribution in [1.29, 1.82) is 0 Å². The first-order valence-corrected chi connectivity index (χ1v) is 7.00. The number of nitrogens with zero attached hydrogens (tertiary/aromatic N) is 1. The van der Waals surface area contributed by atoms with E-state index in [1.807, 2.05) is 10.6 Å². The van der Waals surface area contributed by atoms with Crippen LogP contribution in [0.5, 0.6) is 0 Å². The molecule has 2 nitrogen and oxygen atoms in total. The Morgan fingerprint density at radius 1 is 1.21 bits per heavy atom. The fraction of sp³-hybridized carbons (Fsp3) is 0. The maximum Gasteiger partial charge on any atom is 0.182 e. The molecule has 0 aliphatic rings. The van der Waals surface area contributed by atoms with Gasteiger partial charge < -0.3 is 4.98 Å². The summed E-state index contributed by atoms with van der Waals surface area (Å²) in [5.74, 6) is -0.305. The number of H-pyrrole nitrogens is 1. The summed E-state index contributed by atoms with van der Waals surface area (Å²) in [5.41, 5.74) is 2.27. The van der Waals surface area contributed by atoms with Crippen LogP contribution >= 0.6 is 39.7 Å². The number of imidazole rings is 1. The van der Waals surface area contributed by atoms with Crippen molar-refractivity contribution in [1.82, 2.24) is 9.55 Å². The summed E-state index contributed by atoms with van der Waals surface area (Å²) in [7, 11) is 0. The number of benzene rings is 2. The van der Waals surface area contributed by atoms with Gasteiger partial charge in [-0.2, -0.15) is 0 Å². The summed E-state index contributed by atoms with van der Waals surface area (Å²) >= 11 is 14.8. The van der Waals surface area contributed by atoms with Gasteiger partial charge in [0.1, 0.15) is 5.82 Å². The fourth-order valence-corrected chi connectivity index (χ4v) is 2.88.